The van der Waals surface area contributed by atoms with Gasteiger partial charge in [0.1, 0.15) is 97.8 Å². The first-order chi connectivity index (χ1) is 37.0. The number of rotatable bonds is 13. The number of allylic oxidation sites excluding steroid dienone is 2. The van der Waals surface area contributed by atoms with Crippen LogP contribution in [-0.4, -0.2) is 238 Å². The fourth-order valence-corrected chi connectivity index (χ4v) is 16.3. The van der Waals surface area contributed by atoms with Crippen LogP contribution in [-0.2, 0) is 52.3 Å². The molecule has 5 aliphatic carbocycles. The van der Waals surface area contributed by atoms with Crippen LogP contribution in [0.2, 0.25) is 0 Å². The molecule has 25 heteroatoms. The lowest BCUT2D eigenvalue weighted by atomic mass is 9.33. The number of aldehydes is 1. The van der Waals surface area contributed by atoms with Gasteiger partial charge >= 0.3 is 11.9 Å². The summed E-state index contributed by atoms with van der Waals surface area (Å²) in [5.41, 5.74) is -2.76. The summed E-state index contributed by atoms with van der Waals surface area (Å²) in [5, 5.41) is 149. The largest absolute Gasteiger partial charge is 0.479 e. The minimum absolute atomic E-state index is 0.0219. The fraction of sp³-hybridized carbons (Fsp3) is 0.907. The number of aliphatic carboxylic acids is 1. The van der Waals surface area contributed by atoms with Crippen LogP contribution in [0.25, 0.3) is 0 Å². The van der Waals surface area contributed by atoms with Crippen molar-refractivity contribution in [1.29, 1.82) is 0 Å². The molecule has 0 amide bonds. The highest BCUT2D eigenvalue weighted by atomic mass is 16.8. The third kappa shape index (κ3) is 9.96. The fourth-order valence-electron chi connectivity index (χ4n) is 16.3. The van der Waals surface area contributed by atoms with Crippen LogP contribution in [0.4, 0.5) is 0 Å². The molecule has 0 aromatic carbocycles. The zero-order valence-corrected chi connectivity index (χ0v) is 45.5. The molecule has 8 fully saturated rings. The Morgan fingerprint density at radius 1 is 0.608 bits per heavy atom. The van der Waals surface area contributed by atoms with Crippen LogP contribution in [0.5, 0.6) is 0 Å². The molecule has 4 heterocycles. The zero-order chi connectivity index (χ0) is 57.9. The number of carboxylic acids is 1. The second kappa shape index (κ2) is 22.2. The minimum Gasteiger partial charge on any atom is -0.479 e. The van der Waals surface area contributed by atoms with Crippen molar-refractivity contribution in [2.45, 2.75) is 235 Å². The van der Waals surface area contributed by atoms with Gasteiger partial charge in [0, 0.05) is 0 Å². The number of hydrogen-bond donors (Lipinski definition) is 14. The van der Waals surface area contributed by atoms with Gasteiger partial charge in [0.15, 0.2) is 25.0 Å². The molecular formula is C54H84O25. The van der Waals surface area contributed by atoms with Crippen molar-refractivity contribution in [1.82, 2.24) is 0 Å². The molecule has 4 saturated heterocycles. The maximum atomic E-state index is 15.4. The van der Waals surface area contributed by atoms with Crippen LogP contribution in [0.1, 0.15) is 106 Å². The number of esters is 1. The molecule has 0 unspecified atom stereocenters. The van der Waals surface area contributed by atoms with Crippen LogP contribution in [0.15, 0.2) is 11.6 Å². The van der Waals surface area contributed by atoms with Crippen molar-refractivity contribution in [3.63, 3.8) is 0 Å². The number of carbonyl (C=O) groups is 3. The van der Waals surface area contributed by atoms with Crippen molar-refractivity contribution in [3.8, 4) is 0 Å². The Kier molecular flexibility index (Phi) is 17.2. The van der Waals surface area contributed by atoms with Crippen molar-refractivity contribution < 1.29 is 124 Å². The Balaban J connectivity index is 0.984. The Hall–Kier alpha value is -2.45. The molecule has 79 heavy (non-hydrogen) atoms. The van der Waals surface area contributed by atoms with E-state index in [1.165, 1.54) is 0 Å². The van der Waals surface area contributed by atoms with E-state index in [-0.39, 0.29) is 28.6 Å². The first-order valence-corrected chi connectivity index (χ1v) is 27.8. The summed E-state index contributed by atoms with van der Waals surface area (Å²) in [5.74, 6) is -2.86. The highest BCUT2D eigenvalue weighted by molar-refractivity contribution is 5.79. The van der Waals surface area contributed by atoms with Gasteiger partial charge in [-0.2, -0.15) is 0 Å². The minimum atomic E-state index is -2.03. The molecule has 25 nitrogen and oxygen atoms in total. The summed E-state index contributed by atoms with van der Waals surface area (Å²) in [6, 6.07) is 0. The van der Waals surface area contributed by atoms with Crippen molar-refractivity contribution in [3.05, 3.63) is 11.6 Å². The number of hydrogen-bond acceptors (Lipinski definition) is 24. The monoisotopic (exact) mass is 1130 g/mol. The summed E-state index contributed by atoms with van der Waals surface area (Å²) >= 11 is 0. The second-order valence-electron chi connectivity index (χ2n) is 26.0. The third-order valence-corrected chi connectivity index (χ3v) is 21.3. The summed E-state index contributed by atoms with van der Waals surface area (Å²) in [4.78, 5) is 40.9. The third-order valence-electron chi connectivity index (χ3n) is 21.3. The number of carboxylic acid groups (broad SMARTS) is 1. The van der Waals surface area contributed by atoms with Crippen LogP contribution >= 0.6 is 0 Å². The predicted molar refractivity (Wildman–Crippen MR) is 264 cm³/mol. The molecular weight excluding hydrogens is 1050 g/mol. The molecule has 4 saturated carbocycles. The average molecular weight is 1130 g/mol. The molecule has 450 valence electrons. The van der Waals surface area contributed by atoms with E-state index in [1.807, 2.05) is 6.92 Å². The van der Waals surface area contributed by atoms with Crippen LogP contribution in [0.3, 0.4) is 0 Å². The molecule has 9 aliphatic rings. The Bertz CT molecular complexity index is 2250. The lowest BCUT2D eigenvalue weighted by molar-refractivity contribution is -0.363. The van der Waals surface area contributed by atoms with E-state index in [1.54, 1.807) is 0 Å². The van der Waals surface area contributed by atoms with Crippen molar-refractivity contribution in [2.75, 3.05) is 19.8 Å². The number of ether oxygens (including phenoxy) is 8. The summed E-state index contributed by atoms with van der Waals surface area (Å²) in [6.45, 7) is 10.6. The van der Waals surface area contributed by atoms with Gasteiger partial charge in [-0.15, -0.1) is 0 Å². The highest BCUT2D eigenvalue weighted by Gasteiger charge is 2.71. The smallest absolute Gasteiger partial charge is 0.335 e. The highest BCUT2D eigenvalue weighted by Crippen LogP contribution is 2.76. The SMILES string of the molecule is CC1(C)CC[C@]2(C(=O)O[C@H]3O[C@@H](CO[C@H]4O[C@H](CO)[C@@H](O)[C@H](O)[C@H]4O)[C@H](O)[C@@H](O[C@H]4O[C@@H](CO)[C@H](O)[C@@H](O)[C@@H]4O)[C@@H]3O)CC[C@]3(C)C(=CC[C@@H]4[C@@]5(C)CC[C@H](O[C@H]6O[C@@H](C(=O)O)[C@H](O)[C@@H](O)[C@@H]6O)[C@](C)(C=O)[C@@H]5CC[C@]43C)[C@H]2C1. The van der Waals surface area contributed by atoms with E-state index >= 15 is 4.79 Å². The lowest BCUT2D eigenvalue weighted by Gasteiger charge is -2.71. The molecule has 0 radical (unpaired) electrons. The molecule has 14 N–H and O–H groups in total. The molecule has 9 rings (SSSR count). The quantitative estimate of drug-likeness (QED) is 0.0384. The van der Waals surface area contributed by atoms with Crippen molar-refractivity contribution in [2.24, 2.45) is 50.2 Å². The van der Waals surface area contributed by atoms with Crippen LogP contribution in [0, 0.1) is 50.2 Å². The first kappa shape index (κ1) is 61.1. The molecule has 4 aliphatic heterocycles. The summed E-state index contributed by atoms with van der Waals surface area (Å²) in [6.07, 6.45) is -28.3. The second-order valence-corrected chi connectivity index (χ2v) is 26.0. The zero-order valence-electron chi connectivity index (χ0n) is 45.5. The number of aliphatic hydroxyl groups is 13. The van der Waals surface area contributed by atoms with Gasteiger partial charge in [-0.05, 0) is 104 Å². The topological polar surface area (TPSA) is 408 Å². The average Bonchev–Trinajstić information content (AvgIpc) is 3.52. The molecule has 29 atom stereocenters. The maximum Gasteiger partial charge on any atom is 0.335 e. The predicted octanol–water partition coefficient (Wildman–Crippen LogP) is -2.76. The molecule has 0 aromatic rings. The van der Waals surface area contributed by atoms with Gasteiger partial charge in [0.2, 0.25) is 6.29 Å². The summed E-state index contributed by atoms with van der Waals surface area (Å²) < 4.78 is 47.0. The van der Waals surface area contributed by atoms with E-state index in [0.717, 1.165) is 11.9 Å². The standard InChI is InChI=1S/C54H84O25/c1-49(2)13-15-54(48(71)79-47-40(68)41(77-45-38(66)34(62)31(59)25(19-56)74-45)32(60)26(75-47)20-72-44-37(65)33(61)30(58)24(18-55)73-44)16-14-52(5)22(23(54)17-49)7-8-28-50(3)11-10-29(51(4,21-57)27(50)9-12-53(28,52)6)76-46-39(67)35(63)36(64)42(78-46)43(69)70/h7,21,23-42,44-47,55-56,58-68H,8-20H2,1-6H3,(H,69,70)/t23-,24-,25+,26+,27-,28-,29+,30-,31+,32+,33+,34-,35-,36-,37-,38+,39+,40+,41-,42-,44+,45-,46+,47-,50+,51-,52-,53-,54+/m1/s1. The summed E-state index contributed by atoms with van der Waals surface area (Å²) in [7, 11) is 0. The van der Waals surface area contributed by atoms with Gasteiger partial charge in [-0.25, -0.2) is 4.79 Å². The van der Waals surface area contributed by atoms with E-state index < -0.39 is 182 Å². The number of fused-ring (bicyclic) bond motifs is 7. The normalized spacial score (nSPS) is 53.5. The number of aliphatic hydroxyl groups excluding tert-OH is 13. The van der Waals surface area contributed by atoms with Gasteiger partial charge in [0.25, 0.3) is 0 Å². The lowest BCUT2D eigenvalue weighted by Crippen LogP contribution is -2.67. The van der Waals surface area contributed by atoms with Gasteiger partial charge in [0.05, 0.1) is 36.8 Å². The van der Waals surface area contributed by atoms with E-state index in [0.29, 0.717) is 64.2 Å². The van der Waals surface area contributed by atoms with Crippen LogP contribution < -0.4 is 0 Å². The van der Waals surface area contributed by atoms with Gasteiger partial charge < -0.3 is 114 Å². The maximum absolute atomic E-state index is 15.4. The first-order valence-electron chi connectivity index (χ1n) is 27.8. The van der Waals surface area contributed by atoms with Gasteiger partial charge in [-0.3, -0.25) is 4.79 Å². The molecule has 0 spiro atoms. The Morgan fingerprint density at radius 3 is 1.78 bits per heavy atom. The van der Waals surface area contributed by atoms with Gasteiger partial charge in [-0.1, -0.05) is 53.2 Å². The number of carbonyl (C=O) groups excluding carboxylic acids is 2. The van der Waals surface area contributed by atoms with E-state index in [2.05, 4.69) is 40.7 Å². The van der Waals surface area contributed by atoms with Crippen molar-refractivity contribution >= 4 is 18.2 Å². The van der Waals surface area contributed by atoms with E-state index in [9.17, 15) is 81.1 Å². The molecule has 0 bridgehead atoms. The Morgan fingerprint density at radius 2 is 1.18 bits per heavy atom. The van der Waals surface area contributed by atoms with E-state index in [4.69, 9.17) is 37.9 Å². The molecule has 0 aromatic heterocycles. The Labute approximate surface area is 457 Å².